The average Bonchev–Trinajstić information content (AvgIpc) is 2.91. The number of carbonyl (C=O) groups excluding carboxylic acids is 1. The lowest BCUT2D eigenvalue weighted by Gasteiger charge is -2.25. The summed E-state index contributed by atoms with van der Waals surface area (Å²) in [6.07, 6.45) is 2.61. The van der Waals surface area contributed by atoms with Crippen LogP contribution in [0.25, 0.3) is 0 Å². The van der Waals surface area contributed by atoms with Crippen LogP contribution in [0.15, 0.2) is 18.2 Å². The summed E-state index contributed by atoms with van der Waals surface area (Å²) in [6.45, 7) is 5.46. The zero-order valence-electron chi connectivity index (χ0n) is 11.3. The second-order valence-corrected chi connectivity index (χ2v) is 5.43. The molecule has 4 heteroatoms. The van der Waals surface area contributed by atoms with Gasteiger partial charge in [-0.05, 0) is 51.1 Å². The van der Waals surface area contributed by atoms with E-state index in [0.717, 1.165) is 36.6 Å². The summed E-state index contributed by atoms with van der Waals surface area (Å²) in [5.41, 5.74) is 1.71. The predicted octanol–water partition coefficient (Wildman–Crippen LogP) is 2.16. The number of nitrogens with zero attached hydrogens (tertiary/aromatic N) is 1. The standard InChI is InChI=1S/C15H20N2O2/c1-11-9-16-13-8-12(4-5-15(13)19-11)14(18)10-17-6-2-3-7-17/h4-5,8,11,16H,2-3,6-7,9-10H2,1H3. The third-order valence-electron chi connectivity index (χ3n) is 3.78. The molecule has 19 heavy (non-hydrogen) atoms. The number of Topliss-reactive ketones (excluding diaryl/α,β-unsaturated/α-hetero) is 1. The summed E-state index contributed by atoms with van der Waals surface area (Å²) in [5, 5.41) is 3.31. The first-order chi connectivity index (χ1) is 9.22. The average molecular weight is 260 g/mol. The lowest BCUT2D eigenvalue weighted by molar-refractivity contribution is 0.0945. The van der Waals surface area contributed by atoms with Gasteiger partial charge in [-0.3, -0.25) is 9.69 Å². The summed E-state index contributed by atoms with van der Waals surface area (Å²) >= 11 is 0. The normalized spacial score (nSPS) is 22.5. The number of fused-ring (bicyclic) bond motifs is 1. The first kappa shape index (κ1) is 12.5. The molecule has 0 saturated carbocycles. The van der Waals surface area contributed by atoms with E-state index in [1.54, 1.807) is 0 Å². The van der Waals surface area contributed by atoms with Crippen LogP contribution in [0.3, 0.4) is 0 Å². The number of anilines is 1. The number of ether oxygens (including phenoxy) is 1. The van der Waals surface area contributed by atoms with Crippen LogP contribution in [0.1, 0.15) is 30.1 Å². The largest absolute Gasteiger partial charge is 0.487 e. The van der Waals surface area contributed by atoms with E-state index in [9.17, 15) is 4.79 Å². The Morgan fingerprint density at radius 3 is 3.00 bits per heavy atom. The Bertz CT molecular complexity index is 481. The van der Waals surface area contributed by atoms with Crippen molar-refractivity contribution in [2.24, 2.45) is 0 Å². The summed E-state index contributed by atoms with van der Waals surface area (Å²) in [4.78, 5) is 14.5. The van der Waals surface area contributed by atoms with Gasteiger partial charge in [0, 0.05) is 5.56 Å². The molecule has 1 aromatic carbocycles. The summed E-state index contributed by atoms with van der Waals surface area (Å²) < 4.78 is 5.72. The summed E-state index contributed by atoms with van der Waals surface area (Å²) in [7, 11) is 0. The van der Waals surface area contributed by atoms with Crippen LogP contribution < -0.4 is 10.1 Å². The highest BCUT2D eigenvalue weighted by Crippen LogP contribution is 2.30. The van der Waals surface area contributed by atoms with E-state index in [4.69, 9.17) is 4.74 Å². The van der Waals surface area contributed by atoms with E-state index in [1.165, 1.54) is 12.8 Å². The van der Waals surface area contributed by atoms with Gasteiger partial charge in [0.1, 0.15) is 11.9 Å². The van der Waals surface area contributed by atoms with Crippen LogP contribution in [-0.4, -0.2) is 43.0 Å². The number of carbonyl (C=O) groups is 1. The number of likely N-dealkylation sites (tertiary alicyclic amines) is 1. The Kier molecular flexibility index (Phi) is 3.42. The second-order valence-electron chi connectivity index (χ2n) is 5.43. The molecule has 0 spiro atoms. The second kappa shape index (κ2) is 5.21. The zero-order chi connectivity index (χ0) is 13.2. The highest BCUT2D eigenvalue weighted by atomic mass is 16.5. The van der Waals surface area contributed by atoms with Crippen LogP contribution in [0.2, 0.25) is 0 Å². The molecule has 0 aromatic heterocycles. The molecule has 3 rings (SSSR count). The molecular weight excluding hydrogens is 240 g/mol. The van der Waals surface area contributed by atoms with Crippen molar-refractivity contribution in [2.45, 2.75) is 25.9 Å². The van der Waals surface area contributed by atoms with Gasteiger partial charge in [-0.25, -0.2) is 0 Å². The molecule has 1 N–H and O–H groups in total. The molecule has 102 valence electrons. The van der Waals surface area contributed by atoms with Gasteiger partial charge in [0.25, 0.3) is 0 Å². The lowest BCUT2D eigenvalue weighted by atomic mass is 10.1. The molecule has 1 atom stereocenters. The molecule has 2 aliphatic heterocycles. The smallest absolute Gasteiger partial charge is 0.176 e. The van der Waals surface area contributed by atoms with Crippen molar-refractivity contribution in [1.29, 1.82) is 0 Å². The van der Waals surface area contributed by atoms with Crippen molar-refractivity contribution in [1.82, 2.24) is 4.90 Å². The molecule has 0 bridgehead atoms. The lowest BCUT2D eigenvalue weighted by Crippen LogP contribution is -2.29. The Morgan fingerprint density at radius 1 is 1.42 bits per heavy atom. The van der Waals surface area contributed by atoms with Crippen LogP contribution in [0.5, 0.6) is 5.75 Å². The maximum Gasteiger partial charge on any atom is 0.176 e. The van der Waals surface area contributed by atoms with Gasteiger partial charge in [0.2, 0.25) is 0 Å². The molecule has 0 aliphatic carbocycles. The van der Waals surface area contributed by atoms with E-state index < -0.39 is 0 Å². The topological polar surface area (TPSA) is 41.6 Å². The number of ketones is 1. The van der Waals surface area contributed by atoms with Crippen LogP contribution in [0, 0.1) is 0 Å². The van der Waals surface area contributed by atoms with Gasteiger partial charge in [-0.1, -0.05) is 0 Å². The molecule has 4 nitrogen and oxygen atoms in total. The summed E-state index contributed by atoms with van der Waals surface area (Å²) in [5.74, 6) is 1.04. The minimum absolute atomic E-state index is 0.179. The third kappa shape index (κ3) is 2.73. The van der Waals surface area contributed by atoms with E-state index in [-0.39, 0.29) is 11.9 Å². The molecule has 1 saturated heterocycles. The Hall–Kier alpha value is -1.55. The maximum atomic E-state index is 12.2. The fourth-order valence-electron chi connectivity index (χ4n) is 2.69. The molecule has 1 fully saturated rings. The molecular formula is C15H20N2O2. The fraction of sp³-hybridized carbons (Fsp3) is 0.533. The zero-order valence-corrected chi connectivity index (χ0v) is 11.3. The van der Waals surface area contributed by atoms with Gasteiger partial charge >= 0.3 is 0 Å². The van der Waals surface area contributed by atoms with Gasteiger partial charge in [-0.2, -0.15) is 0 Å². The van der Waals surface area contributed by atoms with Crippen LogP contribution >= 0.6 is 0 Å². The van der Waals surface area contributed by atoms with E-state index >= 15 is 0 Å². The first-order valence-corrected chi connectivity index (χ1v) is 7.02. The highest BCUT2D eigenvalue weighted by Gasteiger charge is 2.19. The Morgan fingerprint density at radius 2 is 2.21 bits per heavy atom. The van der Waals surface area contributed by atoms with Crippen LogP contribution in [-0.2, 0) is 0 Å². The predicted molar refractivity (Wildman–Crippen MR) is 75.0 cm³/mol. The quantitative estimate of drug-likeness (QED) is 0.846. The molecule has 1 aromatic rings. The molecule has 2 heterocycles. The van der Waals surface area contributed by atoms with Crippen molar-refractivity contribution in [3.05, 3.63) is 23.8 Å². The Balaban J connectivity index is 1.72. The molecule has 2 aliphatic rings. The number of hydrogen-bond acceptors (Lipinski definition) is 4. The van der Waals surface area contributed by atoms with Crippen molar-refractivity contribution >= 4 is 11.5 Å². The van der Waals surface area contributed by atoms with Crippen molar-refractivity contribution in [3.8, 4) is 5.75 Å². The van der Waals surface area contributed by atoms with E-state index in [1.807, 2.05) is 25.1 Å². The third-order valence-corrected chi connectivity index (χ3v) is 3.78. The molecule has 0 radical (unpaired) electrons. The van der Waals surface area contributed by atoms with Gasteiger partial charge in [0.15, 0.2) is 5.78 Å². The maximum absolute atomic E-state index is 12.2. The van der Waals surface area contributed by atoms with Crippen LogP contribution in [0.4, 0.5) is 5.69 Å². The minimum atomic E-state index is 0.179. The number of nitrogens with one attached hydrogen (secondary N) is 1. The number of rotatable bonds is 3. The first-order valence-electron chi connectivity index (χ1n) is 7.02. The molecule has 0 amide bonds. The van der Waals surface area contributed by atoms with Gasteiger partial charge in [-0.15, -0.1) is 0 Å². The van der Waals surface area contributed by atoms with Crippen molar-refractivity contribution < 1.29 is 9.53 Å². The highest BCUT2D eigenvalue weighted by molar-refractivity contribution is 5.98. The molecule has 1 unspecified atom stereocenters. The monoisotopic (exact) mass is 260 g/mol. The summed E-state index contributed by atoms with van der Waals surface area (Å²) in [6, 6.07) is 5.69. The van der Waals surface area contributed by atoms with E-state index in [0.29, 0.717) is 6.54 Å². The van der Waals surface area contributed by atoms with Gasteiger partial charge in [0.05, 0.1) is 18.8 Å². The number of hydrogen-bond donors (Lipinski definition) is 1. The van der Waals surface area contributed by atoms with E-state index in [2.05, 4.69) is 10.2 Å². The fourth-order valence-corrected chi connectivity index (χ4v) is 2.69. The van der Waals surface area contributed by atoms with Gasteiger partial charge < -0.3 is 10.1 Å². The minimum Gasteiger partial charge on any atom is -0.487 e. The SMILES string of the molecule is CC1CNc2cc(C(=O)CN3CCCC3)ccc2O1. The Labute approximate surface area is 113 Å². The van der Waals surface area contributed by atoms with Crippen molar-refractivity contribution in [2.75, 3.05) is 31.5 Å². The van der Waals surface area contributed by atoms with Crippen molar-refractivity contribution in [3.63, 3.8) is 0 Å². The number of benzene rings is 1.